The second-order valence-electron chi connectivity index (χ2n) is 5.93. The number of ether oxygens (including phenoxy) is 1. The molecule has 0 N–H and O–H groups in total. The molecule has 9 heteroatoms. The Morgan fingerprint density at radius 2 is 2.23 bits per heavy atom. The Hall–Kier alpha value is -1.87. The number of nitrogens with zero attached hydrogens (tertiary/aromatic N) is 7. The minimum Gasteiger partial charge on any atom is -0.367 e. The van der Waals surface area contributed by atoms with Gasteiger partial charge in [0.15, 0.2) is 5.82 Å². The van der Waals surface area contributed by atoms with Gasteiger partial charge >= 0.3 is 0 Å². The fraction of sp³-hybridized carbons (Fsp3) is 0.769. The summed E-state index contributed by atoms with van der Waals surface area (Å²) in [6, 6.07) is 0. The van der Waals surface area contributed by atoms with E-state index in [9.17, 15) is 0 Å². The lowest BCUT2D eigenvalue weighted by atomic mass is 10.1. The molecule has 3 rings (SSSR count). The van der Waals surface area contributed by atoms with Gasteiger partial charge in [-0.05, 0) is 11.1 Å². The van der Waals surface area contributed by atoms with Crippen LogP contribution in [0, 0.1) is 5.92 Å². The maximum Gasteiger partial charge on any atom is 0.226 e. The molecule has 0 spiro atoms. The third kappa shape index (κ3) is 3.66. The quantitative estimate of drug-likeness (QED) is 0.781. The van der Waals surface area contributed by atoms with Crippen molar-refractivity contribution in [2.24, 2.45) is 13.0 Å². The molecule has 0 saturated carbocycles. The monoisotopic (exact) mass is 307 g/mol. The summed E-state index contributed by atoms with van der Waals surface area (Å²) in [5.74, 6) is 2.53. The third-order valence-corrected chi connectivity index (χ3v) is 3.42. The molecule has 9 nitrogen and oxygen atoms in total. The van der Waals surface area contributed by atoms with Gasteiger partial charge < -0.3 is 9.26 Å². The van der Waals surface area contributed by atoms with Crippen LogP contribution in [0.25, 0.3) is 0 Å². The van der Waals surface area contributed by atoms with Crippen LogP contribution in [-0.2, 0) is 24.8 Å². The Morgan fingerprint density at radius 1 is 1.36 bits per heavy atom. The molecule has 1 atom stereocenters. The molecule has 1 unspecified atom stereocenters. The fourth-order valence-corrected chi connectivity index (χ4v) is 2.42. The van der Waals surface area contributed by atoms with Crippen molar-refractivity contribution in [2.75, 3.05) is 19.7 Å². The van der Waals surface area contributed by atoms with Crippen LogP contribution in [-0.4, -0.2) is 54.9 Å². The maximum absolute atomic E-state index is 5.72. The van der Waals surface area contributed by atoms with Gasteiger partial charge in [0, 0.05) is 19.5 Å². The van der Waals surface area contributed by atoms with Crippen molar-refractivity contribution in [3.05, 3.63) is 17.5 Å². The van der Waals surface area contributed by atoms with E-state index in [4.69, 9.17) is 9.26 Å². The molecule has 0 radical (unpaired) electrons. The molecular formula is C13H21N7O2. The number of tetrazole rings is 1. The molecule has 0 amide bonds. The first-order chi connectivity index (χ1) is 10.6. The Labute approximate surface area is 128 Å². The van der Waals surface area contributed by atoms with E-state index in [1.165, 1.54) is 4.80 Å². The minimum absolute atomic E-state index is 0.163. The summed E-state index contributed by atoms with van der Waals surface area (Å²) in [4.78, 5) is 8.09. The van der Waals surface area contributed by atoms with Crippen LogP contribution in [0.4, 0.5) is 0 Å². The lowest BCUT2D eigenvalue weighted by Gasteiger charge is -2.30. The summed E-state index contributed by atoms with van der Waals surface area (Å²) < 4.78 is 11.0. The highest BCUT2D eigenvalue weighted by Gasteiger charge is 2.26. The van der Waals surface area contributed by atoms with Gasteiger partial charge in [-0.15, -0.1) is 10.2 Å². The van der Waals surface area contributed by atoms with Gasteiger partial charge in [-0.2, -0.15) is 9.78 Å². The minimum atomic E-state index is -0.163. The van der Waals surface area contributed by atoms with E-state index in [1.807, 2.05) is 0 Å². The molecule has 0 aromatic carbocycles. The van der Waals surface area contributed by atoms with Gasteiger partial charge in [0.2, 0.25) is 11.7 Å². The van der Waals surface area contributed by atoms with Crippen molar-refractivity contribution in [3.63, 3.8) is 0 Å². The van der Waals surface area contributed by atoms with E-state index >= 15 is 0 Å². The number of rotatable bonds is 5. The fourth-order valence-electron chi connectivity index (χ4n) is 2.42. The van der Waals surface area contributed by atoms with Crippen LogP contribution >= 0.6 is 0 Å². The molecule has 1 saturated heterocycles. The summed E-state index contributed by atoms with van der Waals surface area (Å²) in [7, 11) is 1.74. The van der Waals surface area contributed by atoms with Gasteiger partial charge in [0.05, 0.1) is 20.2 Å². The highest BCUT2D eigenvalue weighted by Crippen LogP contribution is 2.19. The number of hydrogen-bond donors (Lipinski definition) is 0. The Kier molecular flexibility index (Phi) is 4.44. The van der Waals surface area contributed by atoms with Crippen molar-refractivity contribution < 1.29 is 9.26 Å². The Bertz CT molecular complexity index is 609. The van der Waals surface area contributed by atoms with Crippen LogP contribution < -0.4 is 0 Å². The van der Waals surface area contributed by atoms with Gasteiger partial charge in [-0.25, -0.2) is 0 Å². The zero-order valence-electron chi connectivity index (χ0n) is 13.1. The highest BCUT2D eigenvalue weighted by atomic mass is 16.5. The standard InChI is InChI=1S/C13H21N7O2/c1-9(2)6-12-14-11(17-22-12)8-20-4-5-21-10(7-20)13-15-18-19(3)16-13/h9-10H,4-8H2,1-3H3. The van der Waals surface area contributed by atoms with E-state index in [0.717, 1.165) is 13.0 Å². The molecule has 0 bridgehead atoms. The lowest BCUT2D eigenvalue weighted by molar-refractivity contribution is -0.0382. The van der Waals surface area contributed by atoms with Crippen molar-refractivity contribution in [3.8, 4) is 0 Å². The number of morpholine rings is 1. The Balaban J connectivity index is 1.59. The molecule has 22 heavy (non-hydrogen) atoms. The molecular weight excluding hydrogens is 286 g/mol. The average Bonchev–Trinajstić information content (AvgIpc) is 3.08. The predicted octanol–water partition coefficient (Wildman–Crippen LogP) is 0.365. The SMILES string of the molecule is CC(C)Cc1nc(CN2CCOC(c3nnn(C)n3)C2)no1. The summed E-state index contributed by atoms with van der Waals surface area (Å²) in [5, 5.41) is 16.1. The molecule has 1 fully saturated rings. The molecule has 120 valence electrons. The molecule has 0 aliphatic carbocycles. The molecule has 1 aliphatic rings. The van der Waals surface area contributed by atoms with Crippen LogP contribution in [0.3, 0.4) is 0 Å². The smallest absolute Gasteiger partial charge is 0.226 e. The number of aromatic nitrogens is 6. The first-order valence-corrected chi connectivity index (χ1v) is 7.49. The van der Waals surface area contributed by atoms with Crippen LogP contribution in [0.1, 0.15) is 37.5 Å². The zero-order valence-corrected chi connectivity index (χ0v) is 13.1. The van der Waals surface area contributed by atoms with Crippen LogP contribution in [0.5, 0.6) is 0 Å². The van der Waals surface area contributed by atoms with Gasteiger partial charge in [-0.3, -0.25) is 4.90 Å². The summed E-state index contributed by atoms with van der Waals surface area (Å²) in [6.07, 6.45) is 0.645. The van der Waals surface area contributed by atoms with Gasteiger partial charge in [0.1, 0.15) is 6.10 Å². The van der Waals surface area contributed by atoms with Crippen molar-refractivity contribution in [2.45, 2.75) is 32.9 Å². The summed E-state index contributed by atoms with van der Waals surface area (Å²) in [6.45, 7) is 7.04. The Morgan fingerprint density at radius 3 is 2.95 bits per heavy atom. The van der Waals surface area contributed by atoms with Crippen LogP contribution in [0.2, 0.25) is 0 Å². The summed E-state index contributed by atoms with van der Waals surface area (Å²) >= 11 is 0. The van der Waals surface area contributed by atoms with E-state index in [-0.39, 0.29) is 6.10 Å². The van der Waals surface area contributed by atoms with Crippen molar-refractivity contribution in [1.82, 2.24) is 35.2 Å². The van der Waals surface area contributed by atoms with E-state index < -0.39 is 0 Å². The highest BCUT2D eigenvalue weighted by molar-refractivity contribution is 4.92. The second-order valence-corrected chi connectivity index (χ2v) is 5.93. The van der Waals surface area contributed by atoms with Crippen LogP contribution in [0.15, 0.2) is 4.52 Å². The second kappa shape index (κ2) is 6.49. The van der Waals surface area contributed by atoms with E-state index in [2.05, 4.69) is 44.3 Å². The zero-order chi connectivity index (χ0) is 15.5. The average molecular weight is 307 g/mol. The maximum atomic E-state index is 5.72. The normalized spacial score (nSPS) is 19.9. The largest absolute Gasteiger partial charge is 0.367 e. The predicted molar refractivity (Wildman–Crippen MR) is 75.6 cm³/mol. The third-order valence-electron chi connectivity index (χ3n) is 3.42. The van der Waals surface area contributed by atoms with Crippen molar-refractivity contribution >= 4 is 0 Å². The number of aryl methyl sites for hydroxylation is 1. The lowest BCUT2D eigenvalue weighted by Crippen LogP contribution is -2.38. The molecule has 1 aliphatic heterocycles. The molecule has 2 aromatic rings. The number of hydrogen-bond acceptors (Lipinski definition) is 8. The first kappa shape index (κ1) is 15.0. The van der Waals surface area contributed by atoms with Crippen molar-refractivity contribution in [1.29, 1.82) is 0 Å². The molecule has 3 heterocycles. The first-order valence-electron chi connectivity index (χ1n) is 7.49. The van der Waals surface area contributed by atoms with Gasteiger partial charge in [0.25, 0.3) is 0 Å². The molecule has 2 aromatic heterocycles. The summed E-state index contributed by atoms with van der Waals surface area (Å²) in [5.41, 5.74) is 0. The van der Waals surface area contributed by atoms with E-state index in [1.54, 1.807) is 7.05 Å². The topological polar surface area (TPSA) is 95.0 Å². The van der Waals surface area contributed by atoms with E-state index in [0.29, 0.717) is 43.2 Å². The van der Waals surface area contributed by atoms with Gasteiger partial charge in [-0.1, -0.05) is 19.0 Å².